The van der Waals surface area contributed by atoms with Crippen molar-refractivity contribution in [2.45, 2.75) is 18.7 Å². The van der Waals surface area contributed by atoms with E-state index in [4.69, 9.17) is 9.47 Å². The summed E-state index contributed by atoms with van der Waals surface area (Å²) in [5, 5.41) is 13.9. The number of carbonyl (C=O) groups is 1. The third kappa shape index (κ3) is 5.49. The number of phenolic OH excluding ortho intramolecular Hbond substituents is 1. The summed E-state index contributed by atoms with van der Waals surface area (Å²) in [4.78, 5) is 12.2. The van der Waals surface area contributed by atoms with Gasteiger partial charge in [0.15, 0.2) is 11.5 Å². The number of hydrazone groups is 1. The maximum absolute atomic E-state index is 12.7. The van der Waals surface area contributed by atoms with E-state index in [2.05, 4.69) is 10.5 Å². The Kier molecular flexibility index (Phi) is 7.79. The lowest BCUT2D eigenvalue weighted by molar-refractivity contribution is -0.121. The Balaban J connectivity index is 2.03. The molecule has 10 heteroatoms. The number of para-hydroxylation sites is 1. The van der Waals surface area contributed by atoms with Crippen LogP contribution in [-0.2, 0) is 14.8 Å². The first-order valence-corrected chi connectivity index (χ1v) is 10.5. The van der Waals surface area contributed by atoms with E-state index in [9.17, 15) is 18.3 Å². The highest BCUT2D eigenvalue weighted by atomic mass is 32.2. The van der Waals surface area contributed by atoms with E-state index < -0.39 is 22.5 Å². The fourth-order valence-electron chi connectivity index (χ4n) is 2.60. The number of likely N-dealkylation sites (N-methyl/N-ethyl adjacent to an activating group) is 1. The number of carbonyl (C=O) groups excluding carboxylic acids is 1. The van der Waals surface area contributed by atoms with Gasteiger partial charge < -0.3 is 14.6 Å². The lowest BCUT2D eigenvalue weighted by Gasteiger charge is -2.17. The quantitative estimate of drug-likeness (QED) is 0.459. The molecule has 9 nitrogen and oxygen atoms in total. The van der Waals surface area contributed by atoms with Crippen molar-refractivity contribution in [1.82, 2.24) is 9.73 Å². The van der Waals surface area contributed by atoms with Crippen LogP contribution < -0.4 is 14.9 Å². The van der Waals surface area contributed by atoms with Gasteiger partial charge in [-0.15, -0.1) is 0 Å². The second-order valence-electron chi connectivity index (χ2n) is 6.31. The number of benzene rings is 2. The summed E-state index contributed by atoms with van der Waals surface area (Å²) in [6, 6.07) is 9.33. The molecule has 0 saturated carbocycles. The lowest BCUT2D eigenvalue weighted by atomic mass is 10.2. The van der Waals surface area contributed by atoms with Crippen molar-refractivity contribution in [2.24, 2.45) is 5.10 Å². The van der Waals surface area contributed by atoms with Gasteiger partial charge in [0.25, 0.3) is 5.91 Å². The first-order valence-electron chi connectivity index (χ1n) is 9.08. The monoisotopic (exact) mass is 435 g/mol. The summed E-state index contributed by atoms with van der Waals surface area (Å²) in [6.07, 6.45) is 1.25. The maximum Gasteiger partial charge on any atom is 0.255 e. The molecule has 0 aliphatic heterocycles. The highest BCUT2D eigenvalue weighted by Crippen LogP contribution is 2.28. The van der Waals surface area contributed by atoms with Gasteiger partial charge in [0, 0.05) is 12.6 Å². The Hall–Kier alpha value is -3.11. The summed E-state index contributed by atoms with van der Waals surface area (Å²) in [5.41, 5.74) is 3.25. The molecule has 0 heterocycles. The van der Waals surface area contributed by atoms with Gasteiger partial charge >= 0.3 is 0 Å². The molecular weight excluding hydrogens is 410 g/mol. The van der Waals surface area contributed by atoms with E-state index in [1.165, 1.54) is 32.5 Å². The van der Waals surface area contributed by atoms with E-state index >= 15 is 0 Å². The van der Waals surface area contributed by atoms with E-state index in [0.717, 1.165) is 4.31 Å². The molecule has 2 rings (SSSR count). The SMILES string of the molecule is CCOc1cccc(C=NNC(=O)CN(C)S(=O)(=O)c2ccc(OC)c(C)c2)c1O. The molecule has 0 atom stereocenters. The molecule has 2 aromatic rings. The van der Waals surface area contributed by atoms with Crippen LogP contribution in [0, 0.1) is 6.92 Å². The van der Waals surface area contributed by atoms with Crippen molar-refractivity contribution in [2.75, 3.05) is 27.3 Å². The molecule has 30 heavy (non-hydrogen) atoms. The van der Waals surface area contributed by atoms with Crippen LogP contribution in [0.2, 0.25) is 0 Å². The molecule has 0 aliphatic carbocycles. The van der Waals surface area contributed by atoms with Crippen LogP contribution in [-0.4, -0.2) is 57.3 Å². The van der Waals surface area contributed by atoms with Crippen LogP contribution in [0.1, 0.15) is 18.1 Å². The number of aromatic hydroxyl groups is 1. The fraction of sp³-hybridized carbons (Fsp3) is 0.300. The minimum atomic E-state index is -3.87. The fourth-order valence-corrected chi connectivity index (χ4v) is 3.82. The van der Waals surface area contributed by atoms with Crippen molar-refractivity contribution < 1.29 is 27.8 Å². The van der Waals surface area contributed by atoms with E-state index in [-0.39, 0.29) is 10.6 Å². The minimum Gasteiger partial charge on any atom is -0.504 e. The highest BCUT2D eigenvalue weighted by Gasteiger charge is 2.23. The molecule has 0 aliphatic rings. The summed E-state index contributed by atoms with van der Waals surface area (Å²) in [5.74, 6) is 0.128. The Morgan fingerprint density at radius 1 is 1.27 bits per heavy atom. The van der Waals surface area contributed by atoms with Crippen LogP contribution in [0.4, 0.5) is 0 Å². The average Bonchev–Trinajstić information content (AvgIpc) is 2.70. The summed E-state index contributed by atoms with van der Waals surface area (Å²) >= 11 is 0. The number of ether oxygens (including phenoxy) is 2. The Labute approximate surface area is 176 Å². The third-order valence-electron chi connectivity index (χ3n) is 4.16. The Morgan fingerprint density at radius 3 is 2.63 bits per heavy atom. The van der Waals surface area contributed by atoms with Gasteiger partial charge in [0.1, 0.15) is 5.75 Å². The molecule has 0 radical (unpaired) electrons. The molecule has 162 valence electrons. The zero-order chi connectivity index (χ0) is 22.3. The molecular formula is C20H25N3O6S. The van der Waals surface area contributed by atoms with Crippen LogP contribution in [0.25, 0.3) is 0 Å². The number of nitrogens with one attached hydrogen (secondary N) is 1. The molecule has 1 amide bonds. The molecule has 0 bridgehead atoms. The van der Waals surface area contributed by atoms with Crippen LogP contribution in [0.15, 0.2) is 46.4 Å². The predicted molar refractivity (Wildman–Crippen MR) is 113 cm³/mol. The van der Waals surface area contributed by atoms with Gasteiger partial charge in [-0.2, -0.15) is 9.41 Å². The number of rotatable bonds is 9. The number of hydrogen-bond acceptors (Lipinski definition) is 7. The van der Waals surface area contributed by atoms with Crippen LogP contribution in [0.3, 0.4) is 0 Å². The van der Waals surface area contributed by atoms with Gasteiger partial charge in [0.2, 0.25) is 10.0 Å². The van der Waals surface area contributed by atoms with Gasteiger partial charge in [0.05, 0.1) is 31.4 Å². The first kappa shape index (κ1) is 23.2. The van der Waals surface area contributed by atoms with E-state index in [0.29, 0.717) is 29.2 Å². The number of nitrogens with zero attached hydrogens (tertiary/aromatic N) is 2. The summed E-state index contributed by atoms with van der Waals surface area (Å²) in [7, 11) is -1.07. The Morgan fingerprint density at radius 2 is 2.00 bits per heavy atom. The standard InChI is InChI=1S/C20H25N3O6S/c1-5-29-18-8-6-7-15(20(18)25)12-21-22-19(24)13-23(3)30(26,27)16-9-10-17(28-4)14(2)11-16/h6-12,25H,5,13H2,1-4H3,(H,22,24). The molecule has 0 spiro atoms. The van der Waals surface area contributed by atoms with Gasteiger partial charge in [-0.05, 0) is 49.7 Å². The van der Waals surface area contributed by atoms with Crippen molar-refractivity contribution in [3.63, 3.8) is 0 Å². The lowest BCUT2D eigenvalue weighted by Crippen LogP contribution is -2.36. The van der Waals surface area contributed by atoms with Crippen LogP contribution >= 0.6 is 0 Å². The summed E-state index contributed by atoms with van der Waals surface area (Å²) < 4.78 is 36.7. The van der Waals surface area contributed by atoms with Gasteiger partial charge in [-0.1, -0.05) is 6.07 Å². The largest absolute Gasteiger partial charge is 0.504 e. The normalized spacial score (nSPS) is 11.6. The number of methoxy groups -OCH3 is 1. The smallest absolute Gasteiger partial charge is 0.255 e. The number of sulfonamides is 1. The van der Waals surface area contributed by atoms with Crippen molar-refractivity contribution >= 4 is 22.1 Å². The van der Waals surface area contributed by atoms with Gasteiger partial charge in [-0.3, -0.25) is 4.79 Å². The molecule has 0 saturated heterocycles. The number of amides is 1. The number of phenols is 1. The first-order chi connectivity index (χ1) is 14.2. The number of hydrogen-bond donors (Lipinski definition) is 2. The van der Waals surface area contributed by atoms with Crippen molar-refractivity contribution in [3.8, 4) is 17.2 Å². The molecule has 0 fully saturated rings. The molecule has 0 unspecified atom stereocenters. The summed E-state index contributed by atoms with van der Waals surface area (Å²) in [6.45, 7) is 3.47. The second kappa shape index (κ2) is 10.1. The molecule has 2 aromatic carbocycles. The third-order valence-corrected chi connectivity index (χ3v) is 5.96. The van der Waals surface area contributed by atoms with Crippen molar-refractivity contribution in [1.29, 1.82) is 0 Å². The number of aryl methyl sites for hydroxylation is 1. The minimum absolute atomic E-state index is 0.0530. The predicted octanol–water partition coefficient (Wildman–Crippen LogP) is 1.88. The average molecular weight is 436 g/mol. The zero-order valence-corrected chi connectivity index (χ0v) is 18.1. The van der Waals surface area contributed by atoms with Crippen molar-refractivity contribution in [3.05, 3.63) is 47.5 Å². The van der Waals surface area contributed by atoms with Crippen LogP contribution in [0.5, 0.6) is 17.2 Å². The Bertz CT molecular complexity index is 1040. The van der Waals surface area contributed by atoms with E-state index in [1.807, 2.05) is 0 Å². The van der Waals surface area contributed by atoms with Gasteiger partial charge in [-0.25, -0.2) is 13.8 Å². The van der Waals surface area contributed by atoms with E-state index in [1.54, 1.807) is 38.1 Å². The molecule has 0 aromatic heterocycles. The maximum atomic E-state index is 12.7. The topological polar surface area (TPSA) is 118 Å². The highest BCUT2D eigenvalue weighted by molar-refractivity contribution is 7.89. The molecule has 2 N–H and O–H groups in total. The second-order valence-corrected chi connectivity index (χ2v) is 8.36. The zero-order valence-electron chi connectivity index (χ0n) is 17.2.